The Balaban J connectivity index is 1.72. The van der Waals surface area contributed by atoms with Gasteiger partial charge in [0.2, 0.25) is 0 Å². The normalized spacial score (nSPS) is 45.6. The van der Waals surface area contributed by atoms with Crippen molar-refractivity contribution in [3.63, 3.8) is 0 Å². The van der Waals surface area contributed by atoms with Gasteiger partial charge in [-0.1, -0.05) is 26.7 Å². The second-order valence-corrected chi connectivity index (χ2v) is 7.08. The summed E-state index contributed by atoms with van der Waals surface area (Å²) >= 11 is 0. The van der Waals surface area contributed by atoms with E-state index in [0.29, 0.717) is 0 Å². The van der Waals surface area contributed by atoms with E-state index in [1.54, 1.807) is 38.5 Å². The predicted octanol–water partition coefficient (Wildman–Crippen LogP) is 4.99. The molecule has 0 amide bonds. The summed E-state index contributed by atoms with van der Waals surface area (Å²) in [5.41, 5.74) is 0.726. The molecule has 0 aromatic heterocycles. The van der Waals surface area contributed by atoms with Gasteiger partial charge in [-0.2, -0.15) is 0 Å². The lowest BCUT2D eigenvalue weighted by Crippen LogP contribution is -2.48. The van der Waals surface area contributed by atoms with Gasteiger partial charge in [0.05, 0.1) is 0 Å². The first-order valence-corrected chi connectivity index (χ1v) is 7.55. The van der Waals surface area contributed by atoms with Crippen LogP contribution in [0.1, 0.15) is 71.6 Å². The van der Waals surface area contributed by atoms with Crippen molar-refractivity contribution in [2.45, 2.75) is 71.6 Å². The Kier molecular flexibility index (Phi) is 2.80. The van der Waals surface area contributed by atoms with Gasteiger partial charge in [0.25, 0.3) is 0 Å². The Morgan fingerprint density at radius 2 is 1.50 bits per heavy atom. The van der Waals surface area contributed by atoms with E-state index in [0.717, 1.165) is 23.2 Å². The highest BCUT2D eigenvalue weighted by molar-refractivity contribution is 5.13. The van der Waals surface area contributed by atoms with Crippen molar-refractivity contribution in [1.29, 1.82) is 0 Å². The minimum absolute atomic E-state index is 0.726. The Bertz CT molecular complexity index is 217. The van der Waals surface area contributed by atoms with Gasteiger partial charge in [0.15, 0.2) is 0 Å². The molecule has 0 aromatic carbocycles. The minimum atomic E-state index is 0.726. The molecule has 0 aromatic rings. The van der Waals surface area contributed by atoms with Crippen LogP contribution in [0, 0.1) is 29.1 Å². The SMILES string of the molecule is CCCC[C](C)C12CC3CC(CC(C3)C1)C2. The molecule has 4 aliphatic carbocycles. The molecule has 0 aliphatic heterocycles. The van der Waals surface area contributed by atoms with Crippen LogP contribution in [0.2, 0.25) is 0 Å². The van der Waals surface area contributed by atoms with E-state index in [9.17, 15) is 0 Å². The fourth-order valence-corrected chi connectivity index (χ4v) is 5.34. The number of hydrogen-bond donors (Lipinski definition) is 0. The summed E-state index contributed by atoms with van der Waals surface area (Å²) in [6, 6.07) is 0. The monoisotopic (exact) mass is 219 g/mol. The molecule has 0 spiro atoms. The highest BCUT2D eigenvalue weighted by atomic mass is 14.6. The molecule has 4 aliphatic rings. The molecule has 0 heterocycles. The van der Waals surface area contributed by atoms with Crippen LogP contribution in [0.25, 0.3) is 0 Å². The molecule has 91 valence electrons. The summed E-state index contributed by atoms with van der Waals surface area (Å²) in [4.78, 5) is 0. The van der Waals surface area contributed by atoms with E-state index in [4.69, 9.17) is 0 Å². The topological polar surface area (TPSA) is 0 Å². The second kappa shape index (κ2) is 4.03. The lowest BCUT2D eigenvalue weighted by molar-refractivity contribution is -0.0452. The lowest BCUT2D eigenvalue weighted by Gasteiger charge is -2.59. The standard InChI is InChI=1S/C16H27/c1-3-4-5-12(2)16-9-13-6-14(10-16)8-15(7-13)11-16/h13-15H,3-11H2,1-2H3. The minimum Gasteiger partial charge on any atom is -0.0654 e. The van der Waals surface area contributed by atoms with Crippen LogP contribution >= 0.6 is 0 Å². The first-order chi connectivity index (χ1) is 7.72. The summed E-state index contributed by atoms with van der Waals surface area (Å²) in [6.45, 7) is 4.82. The molecule has 0 N–H and O–H groups in total. The molecule has 1 radical (unpaired) electrons. The van der Waals surface area contributed by atoms with Crippen molar-refractivity contribution >= 4 is 0 Å². The van der Waals surface area contributed by atoms with Crippen molar-refractivity contribution in [2.24, 2.45) is 23.2 Å². The molecular weight excluding hydrogens is 192 g/mol. The van der Waals surface area contributed by atoms with Gasteiger partial charge in [-0.3, -0.25) is 0 Å². The van der Waals surface area contributed by atoms with Crippen LogP contribution < -0.4 is 0 Å². The highest BCUT2D eigenvalue weighted by Crippen LogP contribution is 2.63. The molecule has 4 rings (SSSR count). The molecule has 4 bridgehead atoms. The summed E-state index contributed by atoms with van der Waals surface area (Å²) < 4.78 is 0. The van der Waals surface area contributed by atoms with E-state index in [1.807, 2.05) is 5.92 Å². The molecule has 4 saturated carbocycles. The van der Waals surface area contributed by atoms with E-state index in [-0.39, 0.29) is 0 Å². The maximum atomic E-state index is 2.49. The summed E-state index contributed by atoms with van der Waals surface area (Å²) in [5, 5.41) is 0. The quantitative estimate of drug-likeness (QED) is 0.625. The first-order valence-electron chi connectivity index (χ1n) is 7.55. The van der Waals surface area contributed by atoms with Gasteiger partial charge in [-0.05, 0) is 74.0 Å². The van der Waals surface area contributed by atoms with Crippen LogP contribution in [-0.4, -0.2) is 0 Å². The number of unbranched alkanes of at least 4 members (excludes halogenated alkanes) is 1. The van der Waals surface area contributed by atoms with Gasteiger partial charge in [0, 0.05) is 0 Å². The van der Waals surface area contributed by atoms with Gasteiger partial charge in [-0.15, -0.1) is 0 Å². The van der Waals surface area contributed by atoms with Crippen LogP contribution in [-0.2, 0) is 0 Å². The van der Waals surface area contributed by atoms with Crippen LogP contribution in [0.3, 0.4) is 0 Å². The third-order valence-corrected chi connectivity index (χ3v) is 5.85. The molecule has 0 nitrogen and oxygen atoms in total. The van der Waals surface area contributed by atoms with E-state index < -0.39 is 0 Å². The summed E-state index contributed by atoms with van der Waals surface area (Å²) in [7, 11) is 0. The summed E-state index contributed by atoms with van der Waals surface area (Å²) in [5.74, 6) is 5.22. The number of rotatable bonds is 4. The van der Waals surface area contributed by atoms with Gasteiger partial charge >= 0.3 is 0 Å². The molecule has 0 heteroatoms. The van der Waals surface area contributed by atoms with Crippen LogP contribution in [0.5, 0.6) is 0 Å². The van der Waals surface area contributed by atoms with Gasteiger partial charge < -0.3 is 0 Å². The first kappa shape index (κ1) is 11.1. The van der Waals surface area contributed by atoms with Crippen molar-refractivity contribution < 1.29 is 0 Å². The number of hydrogen-bond acceptors (Lipinski definition) is 0. The third kappa shape index (κ3) is 1.73. The van der Waals surface area contributed by atoms with Crippen molar-refractivity contribution in [2.75, 3.05) is 0 Å². The smallest absolute Gasteiger partial charge is 0.0210 e. The van der Waals surface area contributed by atoms with E-state index in [2.05, 4.69) is 13.8 Å². The van der Waals surface area contributed by atoms with Crippen molar-refractivity contribution in [3.05, 3.63) is 5.92 Å². The summed E-state index contributed by atoms with van der Waals surface area (Å²) in [6.07, 6.45) is 13.7. The molecule has 4 fully saturated rings. The average Bonchev–Trinajstić information content (AvgIpc) is 2.24. The third-order valence-electron chi connectivity index (χ3n) is 5.85. The van der Waals surface area contributed by atoms with Gasteiger partial charge in [-0.25, -0.2) is 0 Å². The maximum Gasteiger partial charge on any atom is -0.0210 e. The maximum absolute atomic E-state index is 2.49. The second-order valence-electron chi connectivity index (χ2n) is 7.08. The Morgan fingerprint density at radius 3 is 1.94 bits per heavy atom. The predicted molar refractivity (Wildman–Crippen MR) is 69.0 cm³/mol. The molecule has 0 saturated heterocycles. The Labute approximate surface area is 101 Å². The molecule has 0 atom stereocenters. The zero-order valence-corrected chi connectivity index (χ0v) is 11.1. The fourth-order valence-electron chi connectivity index (χ4n) is 5.34. The molecule has 16 heavy (non-hydrogen) atoms. The van der Waals surface area contributed by atoms with E-state index >= 15 is 0 Å². The van der Waals surface area contributed by atoms with Crippen molar-refractivity contribution in [3.8, 4) is 0 Å². The lowest BCUT2D eigenvalue weighted by atomic mass is 9.46. The van der Waals surface area contributed by atoms with Crippen molar-refractivity contribution in [1.82, 2.24) is 0 Å². The molecule has 0 unspecified atom stereocenters. The largest absolute Gasteiger partial charge is 0.0654 e. The van der Waals surface area contributed by atoms with E-state index in [1.165, 1.54) is 19.3 Å². The molecular formula is C16H27. The van der Waals surface area contributed by atoms with Gasteiger partial charge in [0.1, 0.15) is 0 Å². The highest BCUT2D eigenvalue weighted by Gasteiger charge is 2.52. The van der Waals surface area contributed by atoms with Crippen LogP contribution in [0.15, 0.2) is 0 Å². The zero-order chi connectivity index (χ0) is 11.2. The Hall–Kier alpha value is 0. The average molecular weight is 219 g/mol. The Morgan fingerprint density at radius 1 is 1.00 bits per heavy atom. The zero-order valence-electron chi connectivity index (χ0n) is 11.1. The van der Waals surface area contributed by atoms with Crippen LogP contribution in [0.4, 0.5) is 0 Å². The fraction of sp³-hybridized carbons (Fsp3) is 0.938.